The van der Waals surface area contributed by atoms with Gasteiger partial charge in [0.25, 0.3) is 0 Å². The molecule has 1 heterocycles. The Morgan fingerprint density at radius 1 is 1.26 bits per heavy atom. The summed E-state index contributed by atoms with van der Waals surface area (Å²) in [5.74, 6) is 0.805. The van der Waals surface area contributed by atoms with Gasteiger partial charge < -0.3 is 15.5 Å². The van der Waals surface area contributed by atoms with Crippen LogP contribution in [0.5, 0.6) is 0 Å². The van der Waals surface area contributed by atoms with Crippen LogP contribution in [0.3, 0.4) is 0 Å². The molecular weight excluding hydrogens is 234 g/mol. The molecule has 3 unspecified atom stereocenters. The highest BCUT2D eigenvalue weighted by atomic mass is 15.1. The van der Waals surface area contributed by atoms with Crippen molar-refractivity contribution in [3.63, 3.8) is 0 Å². The molecule has 3 atom stereocenters. The summed E-state index contributed by atoms with van der Waals surface area (Å²) < 4.78 is 0. The fraction of sp³-hybridized carbons (Fsp3) is 1.00. The summed E-state index contributed by atoms with van der Waals surface area (Å²) in [6.07, 6.45) is 6.53. The van der Waals surface area contributed by atoms with Gasteiger partial charge in [0.2, 0.25) is 0 Å². The van der Waals surface area contributed by atoms with Crippen LogP contribution >= 0.6 is 0 Å². The molecule has 0 amide bonds. The van der Waals surface area contributed by atoms with Crippen molar-refractivity contribution in [1.82, 2.24) is 15.5 Å². The molecule has 1 rings (SSSR count). The van der Waals surface area contributed by atoms with E-state index in [-0.39, 0.29) is 0 Å². The van der Waals surface area contributed by atoms with Crippen molar-refractivity contribution in [2.24, 2.45) is 5.92 Å². The van der Waals surface area contributed by atoms with Crippen LogP contribution < -0.4 is 10.6 Å². The third-order valence-corrected chi connectivity index (χ3v) is 4.73. The quantitative estimate of drug-likeness (QED) is 0.673. The van der Waals surface area contributed by atoms with Gasteiger partial charge >= 0.3 is 0 Å². The van der Waals surface area contributed by atoms with Crippen molar-refractivity contribution in [2.75, 3.05) is 27.2 Å². The first kappa shape index (κ1) is 16.9. The van der Waals surface area contributed by atoms with E-state index in [1.165, 1.54) is 38.6 Å². The number of likely N-dealkylation sites (N-methyl/N-ethyl adjacent to an activating group) is 1. The average Bonchev–Trinajstić information content (AvgIpc) is 2.86. The molecule has 0 spiro atoms. The first-order valence-corrected chi connectivity index (χ1v) is 8.21. The molecule has 19 heavy (non-hydrogen) atoms. The predicted octanol–water partition coefficient (Wildman–Crippen LogP) is 2.47. The van der Waals surface area contributed by atoms with E-state index in [1.54, 1.807) is 0 Å². The number of nitrogens with zero attached hydrogens (tertiary/aromatic N) is 1. The van der Waals surface area contributed by atoms with Gasteiger partial charge in [-0.1, -0.05) is 26.7 Å². The summed E-state index contributed by atoms with van der Waals surface area (Å²) in [5.41, 5.74) is 0. The van der Waals surface area contributed by atoms with E-state index in [9.17, 15) is 0 Å². The largest absolute Gasteiger partial charge is 0.314 e. The van der Waals surface area contributed by atoms with Crippen molar-refractivity contribution < 1.29 is 0 Å². The molecule has 2 N–H and O–H groups in total. The Labute approximate surface area is 120 Å². The lowest BCUT2D eigenvalue weighted by atomic mass is 9.93. The molecule has 0 bridgehead atoms. The van der Waals surface area contributed by atoms with Gasteiger partial charge in [0, 0.05) is 24.7 Å². The summed E-state index contributed by atoms with van der Waals surface area (Å²) >= 11 is 0. The lowest BCUT2D eigenvalue weighted by Crippen LogP contribution is -2.46. The van der Waals surface area contributed by atoms with Crippen LogP contribution in [0, 0.1) is 5.92 Å². The average molecular weight is 269 g/mol. The van der Waals surface area contributed by atoms with Crippen molar-refractivity contribution in [1.29, 1.82) is 0 Å². The monoisotopic (exact) mass is 269 g/mol. The summed E-state index contributed by atoms with van der Waals surface area (Å²) in [6.45, 7) is 9.30. The molecule has 0 aliphatic carbocycles. The highest BCUT2D eigenvalue weighted by molar-refractivity contribution is 4.82. The summed E-state index contributed by atoms with van der Waals surface area (Å²) in [7, 11) is 4.43. The molecule has 0 saturated carbocycles. The number of hydrogen-bond donors (Lipinski definition) is 2. The van der Waals surface area contributed by atoms with E-state index in [2.05, 4.69) is 50.4 Å². The Morgan fingerprint density at radius 3 is 2.42 bits per heavy atom. The van der Waals surface area contributed by atoms with Gasteiger partial charge in [-0.3, -0.25) is 0 Å². The van der Waals surface area contributed by atoms with Crippen LogP contribution in [0.4, 0.5) is 0 Å². The first-order valence-electron chi connectivity index (χ1n) is 8.21. The van der Waals surface area contributed by atoms with E-state index in [0.29, 0.717) is 12.1 Å². The fourth-order valence-electron chi connectivity index (χ4n) is 3.39. The van der Waals surface area contributed by atoms with E-state index in [0.717, 1.165) is 18.5 Å². The maximum Gasteiger partial charge on any atom is 0.0242 e. The molecule has 1 saturated heterocycles. The van der Waals surface area contributed by atoms with E-state index >= 15 is 0 Å². The summed E-state index contributed by atoms with van der Waals surface area (Å²) in [4.78, 5) is 2.39. The molecule has 114 valence electrons. The van der Waals surface area contributed by atoms with Crippen molar-refractivity contribution >= 4 is 0 Å². The number of nitrogens with one attached hydrogen (secondary N) is 2. The summed E-state index contributed by atoms with van der Waals surface area (Å²) in [6, 6.07) is 2.02. The highest BCUT2D eigenvalue weighted by Crippen LogP contribution is 2.17. The standard InChI is InChI=1S/C16H35N3/c1-6-14(7-2)16(19(4)5)12-18-13(3)11-15-9-8-10-17-15/h13-18H,6-12H2,1-5H3. The first-order chi connectivity index (χ1) is 9.08. The SMILES string of the molecule is CCC(CC)C(CNC(C)CC1CCCN1)N(C)C. The molecule has 1 aliphatic rings. The van der Waals surface area contributed by atoms with Crippen molar-refractivity contribution in [3.05, 3.63) is 0 Å². The second kappa shape index (κ2) is 8.93. The Hall–Kier alpha value is -0.120. The minimum atomic E-state index is 0.618. The van der Waals surface area contributed by atoms with Gasteiger partial charge in [0.05, 0.1) is 0 Å². The molecule has 0 radical (unpaired) electrons. The molecule has 1 aliphatic heterocycles. The van der Waals surface area contributed by atoms with Crippen LogP contribution in [0.25, 0.3) is 0 Å². The van der Waals surface area contributed by atoms with Gasteiger partial charge in [-0.15, -0.1) is 0 Å². The number of hydrogen-bond acceptors (Lipinski definition) is 3. The summed E-state index contributed by atoms with van der Waals surface area (Å²) in [5, 5.41) is 7.35. The van der Waals surface area contributed by atoms with Crippen LogP contribution in [0.2, 0.25) is 0 Å². The van der Waals surface area contributed by atoms with E-state index < -0.39 is 0 Å². The maximum absolute atomic E-state index is 3.76. The molecule has 0 aromatic carbocycles. The Kier molecular flexibility index (Phi) is 7.96. The van der Waals surface area contributed by atoms with Crippen LogP contribution in [0.15, 0.2) is 0 Å². The van der Waals surface area contributed by atoms with Gasteiger partial charge in [-0.25, -0.2) is 0 Å². The van der Waals surface area contributed by atoms with Crippen LogP contribution in [0.1, 0.15) is 52.9 Å². The Balaban J connectivity index is 2.33. The Morgan fingerprint density at radius 2 is 1.95 bits per heavy atom. The van der Waals surface area contributed by atoms with Crippen LogP contribution in [-0.4, -0.2) is 50.2 Å². The Bertz CT molecular complexity index is 220. The zero-order valence-electron chi connectivity index (χ0n) is 13.7. The molecule has 1 fully saturated rings. The van der Waals surface area contributed by atoms with E-state index in [1.807, 2.05) is 0 Å². The fourth-order valence-corrected chi connectivity index (χ4v) is 3.39. The molecule has 3 heteroatoms. The molecule has 3 nitrogen and oxygen atoms in total. The minimum Gasteiger partial charge on any atom is -0.314 e. The zero-order chi connectivity index (χ0) is 14.3. The zero-order valence-corrected chi connectivity index (χ0v) is 13.7. The second-order valence-corrected chi connectivity index (χ2v) is 6.45. The lowest BCUT2D eigenvalue weighted by molar-refractivity contribution is 0.188. The maximum atomic E-state index is 3.76. The normalized spacial score (nSPS) is 23.2. The van der Waals surface area contributed by atoms with E-state index in [4.69, 9.17) is 0 Å². The third kappa shape index (κ3) is 5.80. The highest BCUT2D eigenvalue weighted by Gasteiger charge is 2.22. The predicted molar refractivity (Wildman–Crippen MR) is 84.7 cm³/mol. The molecule has 0 aromatic rings. The topological polar surface area (TPSA) is 27.3 Å². The smallest absolute Gasteiger partial charge is 0.0242 e. The molecule has 0 aromatic heterocycles. The number of rotatable bonds is 9. The third-order valence-electron chi connectivity index (χ3n) is 4.73. The minimum absolute atomic E-state index is 0.618. The van der Waals surface area contributed by atoms with Crippen molar-refractivity contribution in [3.8, 4) is 0 Å². The molecular formula is C16H35N3. The van der Waals surface area contributed by atoms with Gasteiger partial charge in [0.1, 0.15) is 0 Å². The van der Waals surface area contributed by atoms with Gasteiger partial charge in [-0.05, 0) is 52.7 Å². The van der Waals surface area contributed by atoms with Crippen LogP contribution in [-0.2, 0) is 0 Å². The second-order valence-electron chi connectivity index (χ2n) is 6.45. The van der Waals surface area contributed by atoms with Crippen molar-refractivity contribution in [2.45, 2.75) is 71.0 Å². The van der Waals surface area contributed by atoms with Gasteiger partial charge in [-0.2, -0.15) is 0 Å². The lowest BCUT2D eigenvalue weighted by Gasteiger charge is -2.33. The van der Waals surface area contributed by atoms with Gasteiger partial charge in [0.15, 0.2) is 0 Å².